The molecule has 3 nitrogen and oxygen atoms in total. The van der Waals surface area contributed by atoms with Gasteiger partial charge in [0.15, 0.2) is 0 Å². The van der Waals surface area contributed by atoms with Crippen LogP contribution in [0.2, 0.25) is 0 Å². The van der Waals surface area contributed by atoms with Crippen LogP contribution in [0, 0.1) is 5.41 Å². The van der Waals surface area contributed by atoms with Crippen molar-refractivity contribution in [3.63, 3.8) is 0 Å². The molecule has 1 amide bonds. The average molecular weight is 327 g/mol. The van der Waals surface area contributed by atoms with Crippen molar-refractivity contribution < 1.29 is 4.79 Å². The Morgan fingerprint density at radius 1 is 1.26 bits per heavy atom. The van der Waals surface area contributed by atoms with E-state index in [2.05, 4.69) is 42.0 Å². The molecule has 3 N–H and O–H groups in total. The smallest absolute Gasteiger partial charge is 0.251 e. The first-order valence-electron chi connectivity index (χ1n) is 6.38. The third-order valence-electron chi connectivity index (χ3n) is 2.68. The van der Waals surface area contributed by atoms with E-state index < -0.39 is 0 Å². The molecule has 19 heavy (non-hydrogen) atoms. The van der Waals surface area contributed by atoms with Crippen molar-refractivity contribution in [3.8, 4) is 0 Å². The first kappa shape index (κ1) is 16.0. The summed E-state index contributed by atoms with van der Waals surface area (Å²) in [4.78, 5) is 12.2. The fourth-order valence-corrected chi connectivity index (χ4v) is 2.68. The number of hydrogen-bond donors (Lipinski definition) is 2. The lowest BCUT2D eigenvalue weighted by atomic mass is 9.81. The molecule has 0 radical (unpaired) electrons. The van der Waals surface area contributed by atoms with Gasteiger partial charge < -0.3 is 11.1 Å². The first-order chi connectivity index (χ1) is 8.50. The molecule has 106 valence electrons. The molecule has 0 aliphatic heterocycles. The number of nitrogens with one attached hydrogen (secondary N) is 1. The van der Waals surface area contributed by atoms with Crippen molar-refractivity contribution in [2.75, 3.05) is 5.73 Å². The van der Waals surface area contributed by atoms with Crippen LogP contribution in [0.15, 0.2) is 22.7 Å². The fraction of sp³-hybridized carbons (Fsp3) is 0.533. The molecule has 0 heterocycles. The van der Waals surface area contributed by atoms with Crippen molar-refractivity contribution in [2.45, 2.75) is 46.6 Å². The summed E-state index contributed by atoms with van der Waals surface area (Å²) in [6.45, 7) is 10.6. The van der Waals surface area contributed by atoms with Crippen LogP contribution in [-0.4, -0.2) is 11.4 Å². The summed E-state index contributed by atoms with van der Waals surface area (Å²) in [5.41, 5.74) is 6.86. The normalized spacial score (nSPS) is 12.3. The lowest BCUT2D eigenvalue weighted by Gasteiger charge is -2.33. The van der Waals surface area contributed by atoms with Gasteiger partial charge in [-0.05, 0) is 59.8 Å². The van der Waals surface area contributed by atoms with Crippen LogP contribution >= 0.6 is 15.9 Å². The zero-order chi connectivity index (χ0) is 14.8. The van der Waals surface area contributed by atoms with Crippen LogP contribution in [0.5, 0.6) is 0 Å². The van der Waals surface area contributed by atoms with E-state index in [1.54, 1.807) is 18.2 Å². The number of carbonyl (C=O) groups is 1. The van der Waals surface area contributed by atoms with Crippen molar-refractivity contribution in [1.82, 2.24) is 5.32 Å². The van der Waals surface area contributed by atoms with Crippen molar-refractivity contribution in [1.29, 1.82) is 0 Å². The predicted molar refractivity (Wildman–Crippen MR) is 84.2 cm³/mol. The summed E-state index contributed by atoms with van der Waals surface area (Å²) in [6.07, 6.45) is 0.901. The largest absolute Gasteiger partial charge is 0.398 e. The number of rotatable bonds is 3. The highest BCUT2D eigenvalue weighted by Gasteiger charge is 2.27. The van der Waals surface area contributed by atoms with Gasteiger partial charge in [0.2, 0.25) is 0 Å². The number of nitrogens with two attached hydrogens (primary N) is 1. The molecule has 0 spiro atoms. The Kier molecular flexibility index (Phi) is 4.67. The van der Waals surface area contributed by atoms with Gasteiger partial charge in [-0.15, -0.1) is 0 Å². The van der Waals surface area contributed by atoms with Crippen molar-refractivity contribution in [3.05, 3.63) is 28.2 Å². The first-order valence-corrected chi connectivity index (χ1v) is 7.17. The Hall–Kier alpha value is -1.03. The van der Waals surface area contributed by atoms with E-state index in [0.717, 1.165) is 10.9 Å². The molecule has 1 rings (SSSR count). The standard InChI is InChI=1S/C15H23BrN2O/c1-14(2,3)9-15(4,5)18-13(19)10-6-7-11(16)12(17)8-10/h6-8H,9,17H2,1-5H3,(H,18,19). The summed E-state index contributed by atoms with van der Waals surface area (Å²) in [6, 6.07) is 5.25. The summed E-state index contributed by atoms with van der Waals surface area (Å²) in [7, 11) is 0. The number of carbonyl (C=O) groups excluding carboxylic acids is 1. The Bertz CT molecular complexity index is 476. The molecule has 0 aromatic heterocycles. The molecule has 0 fully saturated rings. The molecule has 0 unspecified atom stereocenters. The second-order valence-electron chi connectivity index (χ2n) is 6.81. The van der Waals surface area contributed by atoms with Gasteiger partial charge in [0.05, 0.1) is 0 Å². The van der Waals surface area contributed by atoms with E-state index >= 15 is 0 Å². The molecular weight excluding hydrogens is 304 g/mol. The highest BCUT2D eigenvalue weighted by Crippen LogP contribution is 2.27. The minimum Gasteiger partial charge on any atom is -0.398 e. The summed E-state index contributed by atoms with van der Waals surface area (Å²) >= 11 is 3.32. The molecule has 1 aromatic rings. The molecular formula is C15H23BrN2O. The van der Waals surface area contributed by atoms with Gasteiger partial charge in [0.25, 0.3) is 5.91 Å². The third-order valence-corrected chi connectivity index (χ3v) is 3.40. The Balaban J connectivity index is 2.81. The number of halogens is 1. The third kappa shape index (κ3) is 5.23. The van der Waals surface area contributed by atoms with E-state index in [1.165, 1.54) is 0 Å². The van der Waals surface area contributed by atoms with E-state index in [4.69, 9.17) is 5.73 Å². The minimum absolute atomic E-state index is 0.0894. The number of hydrogen-bond acceptors (Lipinski definition) is 2. The maximum Gasteiger partial charge on any atom is 0.251 e. The second kappa shape index (κ2) is 5.53. The van der Waals surface area contributed by atoms with Crippen LogP contribution in [0.1, 0.15) is 51.4 Å². The zero-order valence-corrected chi connectivity index (χ0v) is 13.9. The zero-order valence-electron chi connectivity index (χ0n) is 12.3. The van der Waals surface area contributed by atoms with E-state index in [0.29, 0.717) is 11.3 Å². The van der Waals surface area contributed by atoms with Crippen molar-refractivity contribution in [2.24, 2.45) is 5.41 Å². The van der Waals surface area contributed by atoms with Gasteiger partial charge in [0, 0.05) is 21.3 Å². The summed E-state index contributed by atoms with van der Waals surface area (Å²) in [5, 5.41) is 3.07. The molecule has 0 atom stereocenters. The Labute approximate surface area is 124 Å². The van der Waals surface area contributed by atoms with E-state index in [-0.39, 0.29) is 16.9 Å². The SMILES string of the molecule is CC(C)(C)CC(C)(C)NC(=O)c1ccc(Br)c(N)c1. The highest BCUT2D eigenvalue weighted by molar-refractivity contribution is 9.10. The van der Waals surface area contributed by atoms with Gasteiger partial charge in [0.1, 0.15) is 0 Å². The van der Waals surface area contributed by atoms with Gasteiger partial charge in [-0.3, -0.25) is 4.79 Å². The topological polar surface area (TPSA) is 55.1 Å². The van der Waals surface area contributed by atoms with Crippen molar-refractivity contribution >= 4 is 27.5 Å². The molecule has 0 aliphatic carbocycles. The maximum atomic E-state index is 12.2. The van der Waals surface area contributed by atoms with Gasteiger partial charge >= 0.3 is 0 Å². The second-order valence-corrected chi connectivity index (χ2v) is 7.67. The van der Waals surface area contributed by atoms with E-state index in [9.17, 15) is 4.79 Å². The number of amides is 1. The molecule has 4 heteroatoms. The number of anilines is 1. The number of nitrogen functional groups attached to an aromatic ring is 1. The van der Waals surface area contributed by atoms with Gasteiger partial charge in [-0.2, -0.15) is 0 Å². The monoisotopic (exact) mass is 326 g/mol. The van der Waals surface area contributed by atoms with Crippen LogP contribution in [0.3, 0.4) is 0 Å². The lowest BCUT2D eigenvalue weighted by molar-refractivity contribution is 0.0891. The van der Waals surface area contributed by atoms with Crippen LogP contribution in [0.25, 0.3) is 0 Å². The predicted octanol–water partition coefficient (Wildman–Crippen LogP) is 3.98. The molecule has 0 saturated carbocycles. The lowest BCUT2D eigenvalue weighted by Crippen LogP contribution is -2.45. The van der Waals surface area contributed by atoms with Crippen LogP contribution in [-0.2, 0) is 0 Å². The minimum atomic E-state index is -0.253. The summed E-state index contributed by atoms with van der Waals surface area (Å²) in [5.74, 6) is -0.0894. The van der Waals surface area contributed by atoms with Gasteiger partial charge in [-0.25, -0.2) is 0 Å². The average Bonchev–Trinajstić information content (AvgIpc) is 2.17. The highest BCUT2D eigenvalue weighted by atomic mass is 79.9. The fourth-order valence-electron chi connectivity index (χ4n) is 2.43. The Morgan fingerprint density at radius 2 is 1.84 bits per heavy atom. The summed E-state index contributed by atoms with van der Waals surface area (Å²) < 4.78 is 0.804. The quantitative estimate of drug-likeness (QED) is 0.825. The molecule has 0 aliphatic rings. The van der Waals surface area contributed by atoms with Crippen LogP contribution < -0.4 is 11.1 Å². The van der Waals surface area contributed by atoms with E-state index in [1.807, 2.05) is 13.8 Å². The Morgan fingerprint density at radius 3 is 2.32 bits per heavy atom. The molecule has 0 saturated heterocycles. The molecule has 0 bridgehead atoms. The number of benzene rings is 1. The molecule has 1 aromatic carbocycles. The maximum absolute atomic E-state index is 12.2. The van der Waals surface area contributed by atoms with Gasteiger partial charge in [-0.1, -0.05) is 20.8 Å². The van der Waals surface area contributed by atoms with Crippen LogP contribution in [0.4, 0.5) is 5.69 Å².